The number of hydrogen-bond donors (Lipinski definition) is 1. The molecule has 28 heavy (non-hydrogen) atoms. The minimum absolute atomic E-state index is 0.149. The van der Waals surface area contributed by atoms with Crippen LogP contribution in [-0.4, -0.2) is 38.3 Å². The first kappa shape index (κ1) is 20.4. The van der Waals surface area contributed by atoms with Crippen LogP contribution in [0.4, 0.5) is 5.69 Å². The van der Waals surface area contributed by atoms with Gasteiger partial charge in [-0.25, -0.2) is 8.42 Å². The van der Waals surface area contributed by atoms with Gasteiger partial charge in [0.2, 0.25) is 10.0 Å². The summed E-state index contributed by atoms with van der Waals surface area (Å²) in [6.45, 7) is 5.22. The molecule has 1 heterocycles. The lowest BCUT2D eigenvalue weighted by atomic mass is 10.0. The predicted octanol–water partition coefficient (Wildman–Crippen LogP) is 3.61. The number of anilines is 1. The van der Waals surface area contributed by atoms with E-state index in [0.717, 1.165) is 12.8 Å². The summed E-state index contributed by atoms with van der Waals surface area (Å²) in [7, 11) is -3.44. The van der Waals surface area contributed by atoms with Crippen LogP contribution in [0, 0.1) is 0 Å². The Hall–Kier alpha value is -2.38. The number of carbonyl (C=O) groups excluding carboxylic acids is 1. The van der Waals surface area contributed by atoms with Crippen LogP contribution in [0.2, 0.25) is 0 Å². The van der Waals surface area contributed by atoms with E-state index in [9.17, 15) is 13.2 Å². The van der Waals surface area contributed by atoms with Crippen LogP contribution >= 0.6 is 0 Å². The van der Waals surface area contributed by atoms with Crippen LogP contribution in [-0.2, 0) is 14.8 Å². The van der Waals surface area contributed by atoms with Gasteiger partial charge in [-0.1, -0.05) is 26.0 Å². The zero-order valence-corrected chi connectivity index (χ0v) is 17.0. The molecule has 6 nitrogen and oxygen atoms in total. The molecule has 0 unspecified atom stereocenters. The van der Waals surface area contributed by atoms with Gasteiger partial charge in [-0.05, 0) is 60.7 Å². The second-order valence-corrected chi connectivity index (χ2v) is 9.13. The molecule has 1 aliphatic heterocycles. The number of carbonyl (C=O) groups is 1. The molecule has 1 saturated heterocycles. The van der Waals surface area contributed by atoms with Gasteiger partial charge in [-0.15, -0.1) is 0 Å². The molecule has 2 aromatic rings. The average molecular weight is 403 g/mol. The van der Waals surface area contributed by atoms with Crippen molar-refractivity contribution in [3.8, 4) is 5.75 Å². The quantitative estimate of drug-likeness (QED) is 0.768. The van der Waals surface area contributed by atoms with E-state index >= 15 is 0 Å². The number of nitrogens with zero attached hydrogens (tertiary/aromatic N) is 1. The Labute approximate surface area is 166 Å². The number of nitrogens with one attached hydrogen (secondary N) is 1. The molecule has 1 aliphatic rings. The zero-order valence-electron chi connectivity index (χ0n) is 16.2. The summed E-state index contributed by atoms with van der Waals surface area (Å²) in [6.07, 6.45) is 1.80. The lowest BCUT2D eigenvalue weighted by Crippen LogP contribution is -2.27. The number of ether oxygens (including phenoxy) is 1. The first-order chi connectivity index (χ1) is 13.4. The number of hydrogen-bond acceptors (Lipinski definition) is 4. The lowest BCUT2D eigenvalue weighted by Gasteiger charge is -2.15. The van der Waals surface area contributed by atoms with Gasteiger partial charge in [0.15, 0.2) is 6.61 Å². The maximum absolute atomic E-state index is 12.5. The van der Waals surface area contributed by atoms with Crippen LogP contribution in [0.15, 0.2) is 53.4 Å². The van der Waals surface area contributed by atoms with Crippen LogP contribution in [0.1, 0.15) is 38.2 Å². The van der Waals surface area contributed by atoms with E-state index in [2.05, 4.69) is 19.2 Å². The van der Waals surface area contributed by atoms with E-state index in [1.165, 1.54) is 22.0 Å². The first-order valence-corrected chi connectivity index (χ1v) is 10.9. The molecular formula is C21H26N2O4S. The number of rotatable bonds is 7. The Morgan fingerprint density at radius 1 is 1.04 bits per heavy atom. The summed E-state index contributed by atoms with van der Waals surface area (Å²) < 4.78 is 32.0. The van der Waals surface area contributed by atoms with Crippen molar-refractivity contribution < 1.29 is 17.9 Å². The van der Waals surface area contributed by atoms with E-state index in [1.54, 1.807) is 12.1 Å². The zero-order chi connectivity index (χ0) is 20.1. The fourth-order valence-corrected chi connectivity index (χ4v) is 4.60. The van der Waals surface area contributed by atoms with Gasteiger partial charge in [0.1, 0.15) is 5.75 Å². The van der Waals surface area contributed by atoms with Crippen LogP contribution in [0.5, 0.6) is 5.75 Å². The Morgan fingerprint density at radius 2 is 1.64 bits per heavy atom. The second kappa shape index (κ2) is 8.75. The summed E-state index contributed by atoms with van der Waals surface area (Å²) in [6, 6.07) is 13.9. The Balaban J connectivity index is 1.53. The molecule has 150 valence electrons. The van der Waals surface area contributed by atoms with Crippen molar-refractivity contribution >= 4 is 21.6 Å². The fourth-order valence-electron chi connectivity index (χ4n) is 3.08. The third kappa shape index (κ3) is 4.91. The molecular weight excluding hydrogens is 376 g/mol. The maximum Gasteiger partial charge on any atom is 0.262 e. The van der Waals surface area contributed by atoms with Crippen molar-refractivity contribution in [1.82, 2.24) is 4.31 Å². The molecule has 7 heteroatoms. The van der Waals surface area contributed by atoms with Crippen molar-refractivity contribution in [3.63, 3.8) is 0 Å². The van der Waals surface area contributed by atoms with Crippen LogP contribution < -0.4 is 10.1 Å². The monoisotopic (exact) mass is 402 g/mol. The molecule has 1 amide bonds. The fraction of sp³-hybridized carbons (Fsp3) is 0.381. The molecule has 0 spiro atoms. The van der Waals surface area contributed by atoms with E-state index in [0.29, 0.717) is 30.4 Å². The topological polar surface area (TPSA) is 75.7 Å². The van der Waals surface area contributed by atoms with Crippen molar-refractivity contribution in [3.05, 3.63) is 54.1 Å². The second-order valence-electron chi connectivity index (χ2n) is 7.20. The van der Waals surface area contributed by atoms with Gasteiger partial charge in [0.25, 0.3) is 5.91 Å². The molecule has 1 fully saturated rings. The van der Waals surface area contributed by atoms with E-state index in [-0.39, 0.29) is 17.4 Å². The third-order valence-electron chi connectivity index (χ3n) is 4.76. The normalized spacial score (nSPS) is 15.0. The van der Waals surface area contributed by atoms with Crippen molar-refractivity contribution in [1.29, 1.82) is 0 Å². The van der Waals surface area contributed by atoms with Crippen LogP contribution in [0.25, 0.3) is 0 Å². The van der Waals surface area contributed by atoms with Crippen LogP contribution in [0.3, 0.4) is 0 Å². The summed E-state index contributed by atoms with van der Waals surface area (Å²) in [4.78, 5) is 12.3. The van der Waals surface area contributed by atoms with Gasteiger partial charge in [0.05, 0.1) is 4.90 Å². The molecule has 0 atom stereocenters. The van der Waals surface area contributed by atoms with Gasteiger partial charge in [-0.2, -0.15) is 4.31 Å². The van der Waals surface area contributed by atoms with Gasteiger partial charge >= 0.3 is 0 Å². The van der Waals surface area contributed by atoms with E-state index in [4.69, 9.17) is 4.74 Å². The van der Waals surface area contributed by atoms with E-state index < -0.39 is 10.0 Å². The summed E-state index contributed by atoms with van der Waals surface area (Å²) >= 11 is 0. The Morgan fingerprint density at radius 3 is 2.21 bits per heavy atom. The minimum atomic E-state index is -3.44. The van der Waals surface area contributed by atoms with Crippen molar-refractivity contribution in [2.75, 3.05) is 25.0 Å². The van der Waals surface area contributed by atoms with Crippen molar-refractivity contribution in [2.45, 2.75) is 37.5 Å². The van der Waals surface area contributed by atoms with Gasteiger partial charge < -0.3 is 10.1 Å². The average Bonchev–Trinajstić information content (AvgIpc) is 3.23. The minimum Gasteiger partial charge on any atom is -0.484 e. The Kier molecular flexibility index (Phi) is 6.36. The molecule has 2 aromatic carbocycles. The highest BCUT2D eigenvalue weighted by Crippen LogP contribution is 2.23. The highest BCUT2D eigenvalue weighted by Gasteiger charge is 2.26. The standard InChI is InChI=1S/C21H26N2O4S/c1-16(2)17-5-7-18(8-6-17)22-21(24)15-27-19-9-11-20(12-10-19)28(25,26)23-13-3-4-14-23/h5-12,16H,3-4,13-15H2,1-2H3,(H,22,24). The highest BCUT2D eigenvalue weighted by molar-refractivity contribution is 7.89. The maximum atomic E-state index is 12.5. The molecule has 0 bridgehead atoms. The molecule has 0 aliphatic carbocycles. The number of amides is 1. The summed E-state index contributed by atoms with van der Waals surface area (Å²) in [5.74, 6) is 0.613. The first-order valence-electron chi connectivity index (χ1n) is 9.49. The largest absolute Gasteiger partial charge is 0.484 e. The van der Waals surface area contributed by atoms with E-state index in [1.807, 2.05) is 24.3 Å². The predicted molar refractivity (Wildman–Crippen MR) is 109 cm³/mol. The summed E-state index contributed by atoms with van der Waals surface area (Å²) in [5.41, 5.74) is 1.92. The SMILES string of the molecule is CC(C)c1ccc(NC(=O)COc2ccc(S(=O)(=O)N3CCCC3)cc2)cc1. The van der Waals surface area contributed by atoms with Gasteiger partial charge in [-0.3, -0.25) is 4.79 Å². The summed E-state index contributed by atoms with van der Waals surface area (Å²) in [5, 5.41) is 2.78. The Bertz CT molecular complexity index is 900. The number of sulfonamides is 1. The smallest absolute Gasteiger partial charge is 0.262 e. The molecule has 3 rings (SSSR count). The van der Waals surface area contributed by atoms with Gasteiger partial charge in [0, 0.05) is 18.8 Å². The molecule has 1 N–H and O–H groups in total. The van der Waals surface area contributed by atoms with Crippen molar-refractivity contribution in [2.24, 2.45) is 0 Å². The number of benzene rings is 2. The lowest BCUT2D eigenvalue weighted by molar-refractivity contribution is -0.118. The third-order valence-corrected chi connectivity index (χ3v) is 6.67. The molecule has 0 aromatic heterocycles. The molecule has 0 radical (unpaired) electrons. The molecule has 0 saturated carbocycles. The highest BCUT2D eigenvalue weighted by atomic mass is 32.2.